The summed E-state index contributed by atoms with van der Waals surface area (Å²) in [6.07, 6.45) is 7.30. The molecule has 56 valence electrons. The fraction of sp³-hybridized carbons (Fsp3) is 0.556. The lowest BCUT2D eigenvalue weighted by atomic mass is 10.2. The van der Waals surface area contributed by atoms with Gasteiger partial charge in [0.2, 0.25) is 0 Å². The Morgan fingerprint density at radius 3 is 1.44 bits per heavy atom. The van der Waals surface area contributed by atoms with Crippen molar-refractivity contribution in [1.82, 2.24) is 0 Å². The standard InChI is InChI=1S/C7H12.2CH4/c1-3-5-7-6-4-2;;/h3-4H,1-2,5-7H2;2*1H4. The van der Waals surface area contributed by atoms with E-state index in [4.69, 9.17) is 0 Å². The van der Waals surface area contributed by atoms with Crippen LogP contribution in [0.4, 0.5) is 0 Å². The van der Waals surface area contributed by atoms with Crippen LogP contribution in [0.2, 0.25) is 0 Å². The molecular weight excluding hydrogens is 108 g/mol. The molecule has 0 aromatic rings. The van der Waals surface area contributed by atoms with Crippen molar-refractivity contribution >= 4 is 0 Å². The average Bonchev–Trinajstić information content (AvgIpc) is 1.69. The normalized spacial score (nSPS) is 6.22. The largest absolute Gasteiger partial charge is 0.103 e. The van der Waals surface area contributed by atoms with E-state index in [2.05, 4.69) is 13.2 Å². The van der Waals surface area contributed by atoms with Gasteiger partial charge >= 0.3 is 0 Å². The van der Waals surface area contributed by atoms with E-state index >= 15 is 0 Å². The van der Waals surface area contributed by atoms with Gasteiger partial charge in [0.1, 0.15) is 0 Å². The second-order valence-electron chi connectivity index (χ2n) is 1.51. The third kappa shape index (κ3) is 18.5. The van der Waals surface area contributed by atoms with Gasteiger partial charge in [-0.05, 0) is 19.3 Å². The van der Waals surface area contributed by atoms with E-state index in [1.54, 1.807) is 0 Å². The second-order valence-corrected chi connectivity index (χ2v) is 1.51. The molecule has 9 heavy (non-hydrogen) atoms. The van der Waals surface area contributed by atoms with Gasteiger partial charge in [0.25, 0.3) is 0 Å². The van der Waals surface area contributed by atoms with E-state index in [-0.39, 0.29) is 14.9 Å². The van der Waals surface area contributed by atoms with Gasteiger partial charge in [-0.25, -0.2) is 0 Å². The van der Waals surface area contributed by atoms with Gasteiger partial charge in [-0.15, -0.1) is 13.2 Å². The maximum Gasteiger partial charge on any atom is -0.0350 e. The monoisotopic (exact) mass is 128 g/mol. The average molecular weight is 128 g/mol. The van der Waals surface area contributed by atoms with Crippen LogP contribution in [0.5, 0.6) is 0 Å². The minimum absolute atomic E-state index is 0. The van der Waals surface area contributed by atoms with Gasteiger partial charge in [0.05, 0.1) is 0 Å². The van der Waals surface area contributed by atoms with E-state index in [1.807, 2.05) is 12.2 Å². The third-order valence-corrected chi connectivity index (χ3v) is 0.816. The summed E-state index contributed by atoms with van der Waals surface area (Å²) in [5.74, 6) is 0. The minimum Gasteiger partial charge on any atom is -0.103 e. The highest BCUT2D eigenvalue weighted by molar-refractivity contribution is 4.71. The molecule has 0 aromatic carbocycles. The van der Waals surface area contributed by atoms with Crippen LogP contribution in [0, 0.1) is 0 Å². The van der Waals surface area contributed by atoms with Gasteiger partial charge in [-0.1, -0.05) is 27.0 Å². The van der Waals surface area contributed by atoms with Crippen molar-refractivity contribution in [2.24, 2.45) is 0 Å². The number of hydrogen-bond acceptors (Lipinski definition) is 0. The first-order chi connectivity index (χ1) is 3.41. The van der Waals surface area contributed by atoms with Crippen molar-refractivity contribution in [2.45, 2.75) is 34.1 Å². The first-order valence-corrected chi connectivity index (χ1v) is 2.63. The maximum atomic E-state index is 3.60. The van der Waals surface area contributed by atoms with Gasteiger partial charge in [-0.2, -0.15) is 0 Å². The lowest BCUT2D eigenvalue weighted by molar-refractivity contribution is 0.871. The van der Waals surface area contributed by atoms with Crippen LogP contribution in [0.3, 0.4) is 0 Å². The van der Waals surface area contributed by atoms with Crippen LogP contribution < -0.4 is 0 Å². The summed E-state index contributed by atoms with van der Waals surface area (Å²) < 4.78 is 0. The molecule has 0 amide bonds. The van der Waals surface area contributed by atoms with Gasteiger partial charge < -0.3 is 0 Å². The van der Waals surface area contributed by atoms with Crippen molar-refractivity contribution in [3.05, 3.63) is 25.3 Å². The fourth-order valence-electron chi connectivity index (χ4n) is 0.407. The van der Waals surface area contributed by atoms with Crippen LogP contribution in [-0.4, -0.2) is 0 Å². The van der Waals surface area contributed by atoms with Gasteiger partial charge in [-0.3, -0.25) is 0 Å². The Morgan fingerprint density at radius 2 is 1.22 bits per heavy atom. The summed E-state index contributed by atoms with van der Waals surface area (Å²) in [7, 11) is 0. The molecule has 0 bridgehead atoms. The Hall–Kier alpha value is -0.520. The molecule has 0 radical (unpaired) electrons. The Bertz CT molecular complexity index is 45.1. The van der Waals surface area contributed by atoms with Crippen molar-refractivity contribution < 1.29 is 0 Å². The quantitative estimate of drug-likeness (QED) is 0.399. The van der Waals surface area contributed by atoms with Crippen LogP contribution >= 0.6 is 0 Å². The van der Waals surface area contributed by atoms with Crippen LogP contribution in [0.25, 0.3) is 0 Å². The predicted octanol–water partition coefficient (Wildman–Crippen LogP) is 3.80. The molecule has 0 aromatic heterocycles. The lowest BCUT2D eigenvalue weighted by Crippen LogP contribution is -1.64. The smallest absolute Gasteiger partial charge is 0.0350 e. The summed E-state index contributed by atoms with van der Waals surface area (Å²) in [5.41, 5.74) is 0. The molecule has 0 aliphatic heterocycles. The van der Waals surface area contributed by atoms with Gasteiger partial charge in [0, 0.05) is 0 Å². The molecule has 0 rings (SSSR count). The molecule has 0 fully saturated rings. The van der Waals surface area contributed by atoms with E-state index < -0.39 is 0 Å². The summed E-state index contributed by atoms with van der Waals surface area (Å²) in [5, 5.41) is 0. The molecule has 0 saturated carbocycles. The van der Waals surface area contributed by atoms with Gasteiger partial charge in [0.15, 0.2) is 0 Å². The first-order valence-electron chi connectivity index (χ1n) is 2.63. The second kappa shape index (κ2) is 15.6. The fourth-order valence-corrected chi connectivity index (χ4v) is 0.407. The Balaban J connectivity index is -0.000000180. The highest BCUT2D eigenvalue weighted by atomic mass is 13.8. The molecule has 0 spiro atoms. The zero-order chi connectivity index (χ0) is 5.54. The Kier molecular flexibility index (Phi) is 27.5. The van der Waals surface area contributed by atoms with Crippen LogP contribution in [-0.2, 0) is 0 Å². The number of hydrogen-bond donors (Lipinski definition) is 0. The summed E-state index contributed by atoms with van der Waals surface area (Å²) >= 11 is 0. The molecule has 0 heteroatoms. The maximum absolute atomic E-state index is 3.60. The molecule has 0 aliphatic rings. The van der Waals surface area contributed by atoms with Crippen LogP contribution in [0.1, 0.15) is 34.1 Å². The third-order valence-electron chi connectivity index (χ3n) is 0.816. The minimum atomic E-state index is 0. The summed E-state index contributed by atoms with van der Waals surface area (Å²) in [4.78, 5) is 0. The highest BCUT2D eigenvalue weighted by Crippen LogP contribution is 1.93. The number of allylic oxidation sites excluding steroid dienone is 2. The molecule has 0 aliphatic carbocycles. The van der Waals surface area contributed by atoms with Crippen molar-refractivity contribution in [3.63, 3.8) is 0 Å². The molecule has 0 unspecified atom stereocenters. The highest BCUT2D eigenvalue weighted by Gasteiger charge is 1.74. The van der Waals surface area contributed by atoms with Crippen molar-refractivity contribution in [3.8, 4) is 0 Å². The number of rotatable bonds is 4. The molecule has 0 saturated heterocycles. The van der Waals surface area contributed by atoms with E-state index in [9.17, 15) is 0 Å². The van der Waals surface area contributed by atoms with Crippen molar-refractivity contribution in [2.75, 3.05) is 0 Å². The molecule has 0 atom stereocenters. The van der Waals surface area contributed by atoms with E-state index in [0.29, 0.717) is 0 Å². The van der Waals surface area contributed by atoms with E-state index in [0.717, 1.165) is 12.8 Å². The van der Waals surface area contributed by atoms with E-state index in [1.165, 1.54) is 6.42 Å². The lowest BCUT2D eigenvalue weighted by Gasteiger charge is -1.84. The molecule has 0 heterocycles. The van der Waals surface area contributed by atoms with Crippen LogP contribution in [0.15, 0.2) is 25.3 Å². The SMILES string of the molecule is C.C.C=CCCCC=C. The summed E-state index contributed by atoms with van der Waals surface area (Å²) in [6, 6.07) is 0. The first kappa shape index (κ1) is 15.8. The zero-order valence-electron chi connectivity index (χ0n) is 4.69. The molecule has 0 nitrogen and oxygen atoms in total. The number of unbranched alkanes of at least 4 members (excludes halogenated alkanes) is 2. The van der Waals surface area contributed by atoms with Crippen molar-refractivity contribution in [1.29, 1.82) is 0 Å². The summed E-state index contributed by atoms with van der Waals surface area (Å²) in [6.45, 7) is 7.20. The molecular formula is C9H20. The predicted molar refractivity (Wildman–Crippen MR) is 47.7 cm³/mol. The topological polar surface area (TPSA) is 0 Å². The zero-order valence-corrected chi connectivity index (χ0v) is 4.69. The Labute approximate surface area is 60.3 Å². The Morgan fingerprint density at radius 1 is 0.889 bits per heavy atom. The molecule has 0 N–H and O–H groups in total.